The SMILES string of the molecule is O=C(Nc1ccc(N2CCN(C/C=C/c3ccccc3)CC2)cn1)c1ccco1. The number of hydrogen-bond donors (Lipinski definition) is 1. The number of carbonyl (C=O) groups excluding carboxylic acids is 1. The standard InChI is InChI=1S/C23H24N4O2/c28-23(21-9-5-17-29-21)25-22-11-10-20(18-24-22)27-15-13-26(14-16-27)12-4-8-19-6-2-1-3-7-19/h1-11,17-18H,12-16H2,(H,24,25,28)/b8-4+. The highest BCUT2D eigenvalue weighted by Crippen LogP contribution is 2.18. The molecule has 1 N–H and O–H groups in total. The third-order valence-electron chi connectivity index (χ3n) is 4.95. The molecule has 0 spiro atoms. The van der Waals surface area contributed by atoms with Gasteiger partial charge in [-0.25, -0.2) is 4.98 Å². The molecule has 0 atom stereocenters. The second-order valence-corrected chi connectivity index (χ2v) is 6.93. The van der Waals surface area contributed by atoms with E-state index in [9.17, 15) is 4.79 Å². The van der Waals surface area contributed by atoms with E-state index in [0.717, 1.165) is 38.4 Å². The fraction of sp³-hybridized carbons (Fsp3) is 0.217. The van der Waals surface area contributed by atoms with Gasteiger partial charge in [-0.05, 0) is 29.8 Å². The summed E-state index contributed by atoms with van der Waals surface area (Å²) in [5, 5.41) is 2.74. The molecule has 4 rings (SSSR count). The first kappa shape index (κ1) is 19.0. The molecule has 6 heteroatoms. The predicted octanol–water partition coefficient (Wildman–Crippen LogP) is 3.76. The molecule has 3 heterocycles. The van der Waals surface area contributed by atoms with Crippen molar-refractivity contribution in [3.8, 4) is 0 Å². The first-order valence-corrected chi connectivity index (χ1v) is 9.78. The lowest BCUT2D eigenvalue weighted by Gasteiger charge is -2.35. The number of pyridine rings is 1. The second kappa shape index (κ2) is 9.21. The lowest BCUT2D eigenvalue weighted by atomic mass is 10.2. The fourth-order valence-electron chi connectivity index (χ4n) is 3.32. The molecule has 1 aliphatic heterocycles. The highest BCUT2D eigenvalue weighted by atomic mass is 16.3. The number of aromatic nitrogens is 1. The number of rotatable bonds is 6. The average Bonchev–Trinajstić information content (AvgIpc) is 3.31. The van der Waals surface area contributed by atoms with Gasteiger partial charge in [-0.3, -0.25) is 9.69 Å². The quantitative estimate of drug-likeness (QED) is 0.697. The number of piperazine rings is 1. The van der Waals surface area contributed by atoms with Crippen LogP contribution in [0.2, 0.25) is 0 Å². The third-order valence-corrected chi connectivity index (χ3v) is 4.95. The molecule has 0 radical (unpaired) electrons. The Hall–Kier alpha value is -3.38. The number of hydrogen-bond acceptors (Lipinski definition) is 5. The van der Waals surface area contributed by atoms with Crippen LogP contribution in [0.5, 0.6) is 0 Å². The molecule has 0 unspecified atom stereocenters. The van der Waals surface area contributed by atoms with E-state index < -0.39 is 0 Å². The van der Waals surface area contributed by atoms with Crippen LogP contribution in [0.1, 0.15) is 16.1 Å². The summed E-state index contributed by atoms with van der Waals surface area (Å²) in [6, 6.07) is 17.5. The van der Waals surface area contributed by atoms with E-state index in [0.29, 0.717) is 5.82 Å². The highest BCUT2D eigenvalue weighted by molar-refractivity contribution is 6.01. The van der Waals surface area contributed by atoms with Crippen molar-refractivity contribution in [3.63, 3.8) is 0 Å². The summed E-state index contributed by atoms with van der Waals surface area (Å²) in [5.74, 6) is 0.487. The smallest absolute Gasteiger partial charge is 0.292 e. The molecule has 29 heavy (non-hydrogen) atoms. The lowest BCUT2D eigenvalue weighted by Crippen LogP contribution is -2.46. The number of carbonyl (C=O) groups is 1. The van der Waals surface area contributed by atoms with Gasteiger partial charge in [0.15, 0.2) is 5.76 Å². The van der Waals surface area contributed by atoms with Crippen LogP contribution < -0.4 is 10.2 Å². The Morgan fingerprint density at radius 3 is 2.55 bits per heavy atom. The van der Waals surface area contributed by atoms with Crippen molar-refractivity contribution in [1.29, 1.82) is 0 Å². The number of nitrogens with one attached hydrogen (secondary N) is 1. The number of benzene rings is 1. The number of anilines is 2. The van der Waals surface area contributed by atoms with E-state index in [1.165, 1.54) is 11.8 Å². The van der Waals surface area contributed by atoms with E-state index in [-0.39, 0.29) is 11.7 Å². The van der Waals surface area contributed by atoms with E-state index >= 15 is 0 Å². The molecule has 1 aromatic carbocycles. The molecule has 3 aromatic rings. The molecule has 2 aromatic heterocycles. The summed E-state index contributed by atoms with van der Waals surface area (Å²) in [6.45, 7) is 4.89. The van der Waals surface area contributed by atoms with Crippen LogP contribution in [0.15, 0.2) is 77.6 Å². The van der Waals surface area contributed by atoms with Crippen molar-refractivity contribution >= 4 is 23.5 Å². The maximum atomic E-state index is 12.0. The fourth-order valence-corrected chi connectivity index (χ4v) is 3.32. The van der Waals surface area contributed by atoms with Crippen molar-refractivity contribution in [1.82, 2.24) is 9.88 Å². The zero-order valence-corrected chi connectivity index (χ0v) is 16.2. The maximum Gasteiger partial charge on any atom is 0.292 e. The molecule has 6 nitrogen and oxygen atoms in total. The average molecular weight is 388 g/mol. The Labute approximate surface area is 170 Å². The van der Waals surface area contributed by atoms with Crippen LogP contribution in [0.3, 0.4) is 0 Å². The Morgan fingerprint density at radius 1 is 1.03 bits per heavy atom. The van der Waals surface area contributed by atoms with Crippen molar-refractivity contribution in [2.24, 2.45) is 0 Å². The van der Waals surface area contributed by atoms with Crippen molar-refractivity contribution in [3.05, 3.63) is 84.5 Å². The van der Waals surface area contributed by atoms with Crippen molar-refractivity contribution in [2.45, 2.75) is 0 Å². The second-order valence-electron chi connectivity index (χ2n) is 6.93. The van der Waals surface area contributed by atoms with Gasteiger partial charge in [-0.15, -0.1) is 0 Å². The minimum Gasteiger partial charge on any atom is -0.459 e. The third kappa shape index (κ3) is 5.12. The predicted molar refractivity (Wildman–Crippen MR) is 115 cm³/mol. The zero-order chi connectivity index (χ0) is 19.9. The normalized spacial score (nSPS) is 15.0. The van der Waals surface area contributed by atoms with Crippen molar-refractivity contribution in [2.75, 3.05) is 42.9 Å². The summed E-state index contributed by atoms with van der Waals surface area (Å²) in [6.07, 6.45) is 7.68. The van der Waals surface area contributed by atoms with Gasteiger partial charge in [0, 0.05) is 32.7 Å². The molecular weight excluding hydrogens is 364 g/mol. The molecule has 1 saturated heterocycles. The van der Waals surface area contributed by atoms with Crippen LogP contribution in [0.25, 0.3) is 6.08 Å². The highest BCUT2D eigenvalue weighted by Gasteiger charge is 2.17. The van der Waals surface area contributed by atoms with Gasteiger partial charge >= 0.3 is 0 Å². The molecule has 1 fully saturated rings. The number of nitrogens with zero attached hydrogens (tertiary/aromatic N) is 3. The Balaban J connectivity index is 1.25. The largest absolute Gasteiger partial charge is 0.459 e. The Kier molecular flexibility index (Phi) is 6.02. The van der Waals surface area contributed by atoms with E-state index in [2.05, 4.69) is 56.5 Å². The molecule has 148 valence electrons. The molecular formula is C23H24N4O2. The summed E-state index contributed by atoms with van der Waals surface area (Å²) in [7, 11) is 0. The molecule has 0 bridgehead atoms. The molecule has 0 saturated carbocycles. The van der Waals surface area contributed by atoms with E-state index in [1.807, 2.05) is 24.4 Å². The van der Waals surface area contributed by atoms with Gasteiger partial charge in [0.2, 0.25) is 0 Å². The van der Waals surface area contributed by atoms with Gasteiger partial charge < -0.3 is 14.6 Å². The van der Waals surface area contributed by atoms with Crippen molar-refractivity contribution < 1.29 is 9.21 Å². The van der Waals surface area contributed by atoms with E-state index in [4.69, 9.17) is 4.42 Å². The molecule has 0 aliphatic carbocycles. The van der Waals surface area contributed by atoms with Crippen LogP contribution >= 0.6 is 0 Å². The molecule has 1 aliphatic rings. The van der Waals surface area contributed by atoms with Gasteiger partial charge in [0.05, 0.1) is 18.1 Å². The Morgan fingerprint density at radius 2 is 1.86 bits per heavy atom. The minimum absolute atomic E-state index is 0.272. The van der Waals surface area contributed by atoms with Crippen LogP contribution in [0, 0.1) is 0 Å². The number of furan rings is 1. The van der Waals surface area contributed by atoms with Crippen LogP contribution in [0.4, 0.5) is 11.5 Å². The first-order valence-electron chi connectivity index (χ1n) is 9.78. The van der Waals surface area contributed by atoms with Crippen LogP contribution in [-0.4, -0.2) is 48.5 Å². The summed E-state index contributed by atoms with van der Waals surface area (Å²) in [4.78, 5) is 21.1. The lowest BCUT2D eigenvalue weighted by molar-refractivity contribution is 0.0996. The topological polar surface area (TPSA) is 61.6 Å². The van der Waals surface area contributed by atoms with Crippen LogP contribution in [-0.2, 0) is 0 Å². The maximum absolute atomic E-state index is 12.0. The van der Waals surface area contributed by atoms with Gasteiger partial charge in [0.25, 0.3) is 5.91 Å². The first-order chi connectivity index (χ1) is 14.3. The Bertz CT molecular complexity index is 929. The van der Waals surface area contributed by atoms with E-state index in [1.54, 1.807) is 12.1 Å². The summed E-state index contributed by atoms with van der Waals surface area (Å²) in [5.41, 5.74) is 2.30. The zero-order valence-electron chi connectivity index (χ0n) is 16.2. The summed E-state index contributed by atoms with van der Waals surface area (Å²) >= 11 is 0. The van der Waals surface area contributed by atoms with Gasteiger partial charge in [-0.1, -0.05) is 42.5 Å². The monoisotopic (exact) mass is 388 g/mol. The number of amides is 1. The molecule has 1 amide bonds. The minimum atomic E-state index is -0.299. The summed E-state index contributed by atoms with van der Waals surface area (Å²) < 4.78 is 5.09. The van der Waals surface area contributed by atoms with Gasteiger partial charge in [0.1, 0.15) is 5.82 Å². The van der Waals surface area contributed by atoms with Gasteiger partial charge in [-0.2, -0.15) is 0 Å².